The Morgan fingerprint density at radius 2 is 1.71 bits per heavy atom. The molecular weight excluding hydrogens is 210 g/mol. The van der Waals surface area contributed by atoms with E-state index in [9.17, 15) is 0 Å². The van der Waals surface area contributed by atoms with Gasteiger partial charge in [0.1, 0.15) is 0 Å². The van der Waals surface area contributed by atoms with E-state index < -0.39 is 0 Å². The van der Waals surface area contributed by atoms with Gasteiger partial charge in [-0.3, -0.25) is 4.90 Å². The van der Waals surface area contributed by atoms with Gasteiger partial charge in [-0.15, -0.1) is 0 Å². The summed E-state index contributed by atoms with van der Waals surface area (Å²) in [5.74, 6) is 0. The van der Waals surface area contributed by atoms with Crippen molar-refractivity contribution in [2.75, 3.05) is 40.3 Å². The minimum absolute atomic E-state index is 0.591. The molecule has 0 saturated carbocycles. The fraction of sp³-hybridized carbons (Fsp3) is 1.00. The number of hydrogen-bond acceptors (Lipinski definition) is 3. The van der Waals surface area contributed by atoms with Gasteiger partial charge in [0.05, 0.1) is 0 Å². The molecule has 3 nitrogen and oxygen atoms in total. The fourth-order valence-corrected chi connectivity index (χ4v) is 2.27. The zero-order chi connectivity index (χ0) is 13.1. The molecular formula is C14H33N3. The Hall–Kier alpha value is -0.120. The van der Waals surface area contributed by atoms with Crippen molar-refractivity contribution in [3.63, 3.8) is 0 Å². The summed E-state index contributed by atoms with van der Waals surface area (Å²) in [5.41, 5.74) is 5.91. The molecule has 0 bridgehead atoms. The van der Waals surface area contributed by atoms with Gasteiger partial charge in [-0.1, -0.05) is 33.1 Å². The van der Waals surface area contributed by atoms with E-state index in [1.165, 1.54) is 45.2 Å². The van der Waals surface area contributed by atoms with Crippen LogP contribution in [-0.4, -0.2) is 56.1 Å². The average molecular weight is 243 g/mol. The van der Waals surface area contributed by atoms with E-state index in [0.29, 0.717) is 6.04 Å². The second-order valence-corrected chi connectivity index (χ2v) is 5.17. The summed E-state index contributed by atoms with van der Waals surface area (Å²) in [6, 6.07) is 0.591. The van der Waals surface area contributed by atoms with Gasteiger partial charge >= 0.3 is 0 Å². The molecule has 0 aliphatic heterocycles. The molecule has 0 aliphatic carbocycles. The third kappa shape index (κ3) is 8.58. The smallest absolute Gasteiger partial charge is 0.0218 e. The molecule has 0 radical (unpaired) electrons. The minimum Gasteiger partial charge on any atom is -0.329 e. The molecule has 104 valence electrons. The summed E-state index contributed by atoms with van der Waals surface area (Å²) in [4.78, 5) is 4.81. The maximum Gasteiger partial charge on any atom is 0.0218 e. The van der Waals surface area contributed by atoms with Crippen LogP contribution in [0, 0.1) is 0 Å². The Labute approximate surface area is 108 Å². The summed E-state index contributed by atoms with van der Waals surface area (Å²) in [5, 5.41) is 0. The highest BCUT2D eigenvalue weighted by atomic mass is 15.2. The van der Waals surface area contributed by atoms with E-state index in [1.54, 1.807) is 0 Å². The summed E-state index contributed by atoms with van der Waals surface area (Å²) in [6.45, 7) is 8.79. The standard InChI is InChI=1S/C14H33N3/c1-5-7-8-10-14(13-15)17(6-2)12-9-11-16(3)4/h14H,5-13,15H2,1-4H3. The SMILES string of the molecule is CCCCCC(CN)N(CC)CCCN(C)C. The first-order valence-electron chi connectivity index (χ1n) is 7.24. The first kappa shape index (κ1) is 16.9. The molecule has 0 saturated heterocycles. The van der Waals surface area contributed by atoms with Gasteiger partial charge < -0.3 is 10.6 Å². The molecule has 1 unspecified atom stereocenters. The Morgan fingerprint density at radius 3 is 2.18 bits per heavy atom. The van der Waals surface area contributed by atoms with Gasteiger partial charge in [0.15, 0.2) is 0 Å². The zero-order valence-electron chi connectivity index (χ0n) is 12.4. The molecule has 0 heterocycles. The number of likely N-dealkylation sites (N-methyl/N-ethyl adjacent to an activating group) is 1. The van der Waals surface area contributed by atoms with Crippen molar-refractivity contribution < 1.29 is 0 Å². The van der Waals surface area contributed by atoms with Crippen LogP contribution in [0.2, 0.25) is 0 Å². The highest BCUT2D eigenvalue weighted by Gasteiger charge is 2.14. The van der Waals surface area contributed by atoms with Crippen LogP contribution in [0.1, 0.15) is 46.0 Å². The van der Waals surface area contributed by atoms with Crippen LogP contribution >= 0.6 is 0 Å². The first-order chi connectivity index (χ1) is 8.15. The van der Waals surface area contributed by atoms with Gasteiger partial charge in [0.2, 0.25) is 0 Å². The van der Waals surface area contributed by atoms with Crippen molar-refractivity contribution in [3.8, 4) is 0 Å². The highest BCUT2D eigenvalue weighted by molar-refractivity contribution is 4.72. The molecule has 0 amide bonds. The minimum atomic E-state index is 0.591. The summed E-state index contributed by atoms with van der Waals surface area (Å²) < 4.78 is 0. The molecule has 1 atom stereocenters. The quantitative estimate of drug-likeness (QED) is 0.565. The van der Waals surface area contributed by atoms with E-state index in [1.807, 2.05) is 0 Å². The van der Waals surface area contributed by atoms with Gasteiger partial charge in [-0.05, 0) is 46.6 Å². The zero-order valence-corrected chi connectivity index (χ0v) is 12.4. The topological polar surface area (TPSA) is 32.5 Å². The normalized spacial score (nSPS) is 13.6. The van der Waals surface area contributed by atoms with E-state index in [-0.39, 0.29) is 0 Å². The molecule has 0 aromatic carbocycles. The Kier molecular flexibility index (Phi) is 10.9. The van der Waals surface area contributed by atoms with Crippen LogP contribution < -0.4 is 5.73 Å². The summed E-state index contributed by atoms with van der Waals surface area (Å²) in [6.07, 6.45) is 6.46. The van der Waals surface area contributed by atoms with Gasteiger partial charge in [-0.25, -0.2) is 0 Å². The van der Waals surface area contributed by atoms with Crippen molar-refractivity contribution >= 4 is 0 Å². The van der Waals surface area contributed by atoms with Crippen molar-refractivity contribution in [3.05, 3.63) is 0 Å². The Balaban J connectivity index is 3.91. The van der Waals surface area contributed by atoms with E-state index >= 15 is 0 Å². The third-order valence-electron chi connectivity index (χ3n) is 3.39. The largest absolute Gasteiger partial charge is 0.329 e. The lowest BCUT2D eigenvalue weighted by Gasteiger charge is -2.30. The van der Waals surface area contributed by atoms with Crippen molar-refractivity contribution in [1.29, 1.82) is 0 Å². The van der Waals surface area contributed by atoms with Gasteiger partial charge in [0.25, 0.3) is 0 Å². The lowest BCUT2D eigenvalue weighted by Crippen LogP contribution is -2.41. The number of hydrogen-bond donors (Lipinski definition) is 1. The maximum atomic E-state index is 5.91. The highest BCUT2D eigenvalue weighted by Crippen LogP contribution is 2.09. The Morgan fingerprint density at radius 1 is 1.00 bits per heavy atom. The number of nitrogens with two attached hydrogens (primary N) is 1. The molecule has 0 fully saturated rings. The molecule has 17 heavy (non-hydrogen) atoms. The molecule has 2 N–H and O–H groups in total. The van der Waals surface area contributed by atoms with Gasteiger partial charge in [0, 0.05) is 12.6 Å². The summed E-state index contributed by atoms with van der Waals surface area (Å²) >= 11 is 0. The molecule has 0 aromatic rings. The van der Waals surface area contributed by atoms with Crippen LogP contribution in [-0.2, 0) is 0 Å². The lowest BCUT2D eigenvalue weighted by molar-refractivity contribution is 0.188. The third-order valence-corrected chi connectivity index (χ3v) is 3.39. The van der Waals surface area contributed by atoms with Crippen LogP contribution in [0.3, 0.4) is 0 Å². The van der Waals surface area contributed by atoms with Crippen molar-refractivity contribution in [1.82, 2.24) is 9.80 Å². The molecule has 0 rings (SSSR count). The van der Waals surface area contributed by atoms with Gasteiger partial charge in [-0.2, -0.15) is 0 Å². The molecule has 3 heteroatoms. The molecule has 0 aliphatic rings. The van der Waals surface area contributed by atoms with Crippen LogP contribution in [0.15, 0.2) is 0 Å². The number of rotatable bonds is 11. The Bertz CT molecular complexity index is 160. The second kappa shape index (κ2) is 11.0. The fourth-order valence-electron chi connectivity index (χ4n) is 2.27. The second-order valence-electron chi connectivity index (χ2n) is 5.17. The van der Waals surface area contributed by atoms with Crippen LogP contribution in [0.25, 0.3) is 0 Å². The monoisotopic (exact) mass is 243 g/mol. The molecule has 0 spiro atoms. The predicted octanol–water partition coefficient (Wildman–Crippen LogP) is 2.17. The summed E-state index contributed by atoms with van der Waals surface area (Å²) in [7, 11) is 4.27. The predicted molar refractivity (Wildman–Crippen MR) is 77.4 cm³/mol. The first-order valence-corrected chi connectivity index (χ1v) is 7.24. The average Bonchev–Trinajstić information content (AvgIpc) is 2.31. The van der Waals surface area contributed by atoms with Crippen LogP contribution in [0.4, 0.5) is 0 Å². The van der Waals surface area contributed by atoms with Crippen molar-refractivity contribution in [2.24, 2.45) is 5.73 Å². The number of unbranched alkanes of at least 4 members (excludes halogenated alkanes) is 2. The molecule has 0 aromatic heterocycles. The lowest BCUT2D eigenvalue weighted by atomic mass is 10.1. The van der Waals surface area contributed by atoms with Crippen molar-refractivity contribution in [2.45, 2.75) is 52.0 Å². The van der Waals surface area contributed by atoms with Crippen LogP contribution in [0.5, 0.6) is 0 Å². The van der Waals surface area contributed by atoms with E-state index in [0.717, 1.165) is 13.1 Å². The van der Waals surface area contributed by atoms with E-state index in [4.69, 9.17) is 5.73 Å². The maximum absolute atomic E-state index is 5.91. The number of nitrogens with zero attached hydrogens (tertiary/aromatic N) is 2. The van der Waals surface area contributed by atoms with E-state index in [2.05, 4.69) is 37.7 Å².